The average Bonchev–Trinajstić information content (AvgIpc) is 2.54. The minimum absolute atomic E-state index is 0.0411. The highest BCUT2D eigenvalue weighted by atomic mass is 19.1. The molecule has 0 aliphatic carbocycles. The molecule has 0 radical (unpaired) electrons. The van der Waals surface area contributed by atoms with Crippen molar-refractivity contribution in [1.82, 2.24) is 14.9 Å². The Bertz CT molecular complexity index is 712. The van der Waals surface area contributed by atoms with E-state index in [4.69, 9.17) is 0 Å². The molecule has 0 saturated heterocycles. The maximum Gasteiger partial charge on any atom is 0.271 e. The predicted octanol–water partition coefficient (Wildman–Crippen LogP) is 4.56. The van der Waals surface area contributed by atoms with Gasteiger partial charge in [-0.3, -0.25) is 4.79 Å². The van der Waals surface area contributed by atoms with Gasteiger partial charge in [0.2, 0.25) is 5.95 Å². The smallest absolute Gasteiger partial charge is 0.271 e. The molecule has 25 heavy (non-hydrogen) atoms. The second-order valence-corrected chi connectivity index (χ2v) is 6.85. The molecule has 0 saturated carbocycles. The molecule has 1 amide bonds. The molecule has 0 bridgehead atoms. The third-order valence-corrected chi connectivity index (χ3v) is 3.53. The minimum atomic E-state index is -0.397. The number of hydrogen-bond donors (Lipinski definition) is 0. The number of hydrogen-bond acceptors (Lipinski definition) is 3. The van der Waals surface area contributed by atoms with Gasteiger partial charge in [0.1, 0.15) is 5.69 Å². The van der Waals surface area contributed by atoms with Crippen molar-refractivity contribution >= 4 is 5.91 Å². The van der Waals surface area contributed by atoms with Crippen molar-refractivity contribution < 1.29 is 9.18 Å². The molecule has 0 aromatic carbocycles. The average molecular weight is 345 g/mol. The van der Waals surface area contributed by atoms with Crippen LogP contribution in [0.1, 0.15) is 67.0 Å². The van der Waals surface area contributed by atoms with E-state index in [-0.39, 0.29) is 5.91 Å². The van der Waals surface area contributed by atoms with Gasteiger partial charge in [0.15, 0.2) is 0 Å². The summed E-state index contributed by atoms with van der Waals surface area (Å²) in [7, 11) is 3.47. The Kier molecular flexibility index (Phi) is 7.68. The summed E-state index contributed by atoms with van der Waals surface area (Å²) in [4.78, 5) is 21.4. The Morgan fingerprint density at radius 3 is 2.04 bits per heavy atom. The molecule has 2 aromatic rings. The number of nitrogens with zero attached hydrogens (tertiary/aromatic N) is 3. The van der Waals surface area contributed by atoms with E-state index >= 15 is 0 Å². The maximum atomic E-state index is 12.4. The monoisotopic (exact) mass is 345 g/mol. The fourth-order valence-corrected chi connectivity index (χ4v) is 2.07. The summed E-state index contributed by atoms with van der Waals surface area (Å²) in [6.45, 7) is 10.1. The number of rotatable bonds is 3. The van der Waals surface area contributed by atoms with E-state index in [2.05, 4.69) is 23.8 Å². The van der Waals surface area contributed by atoms with Crippen LogP contribution in [-0.2, 0) is 0 Å². The third kappa shape index (κ3) is 6.61. The first kappa shape index (κ1) is 20.7. The number of halogens is 1. The Balaban J connectivity index is 0.000000271. The molecule has 0 atom stereocenters. The van der Waals surface area contributed by atoms with Crippen molar-refractivity contribution in [3.63, 3.8) is 0 Å². The van der Waals surface area contributed by atoms with Crippen molar-refractivity contribution in [2.75, 3.05) is 14.1 Å². The van der Waals surface area contributed by atoms with Gasteiger partial charge in [-0.2, -0.15) is 4.39 Å². The number of carbonyl (C=O) groups is 1. The van der Waals surface area contributed by atoms with Gasteiger partial charge in [0.25, 0.3) is 5.91 Å². The first-order chi connectivity index (χ1) is 11.6. The summed E-state index contributed by atoms with van der Waals surface area (Å²) in [5.41, 5.74) is 3.39. The van der Waals surface area contributed by atoms with Crippen LogP contribution in [0.3, 0.4) is 0 Å². The molecule has 0 fully saturated rings. The van der Waals surface area contributed by atoms with Crippen molar-refractivity contribution in [2.24, 2.45) is 0 Å². The molecular formula is C20H28FN3O. The second kappa shape index (κ2) is 9.25. The highest BCUT2D eigenvalue weighted by Crippen LogP contribution is 2.15. The van der Waals surface area contributed by atoms with Crippen LogP contribution in [0.2, 0.25) is 0 Å². The molecule has 0 aliphatic rings. The molecule has 136 valence electrons. The molecule has 0 spiro atoms. The molecule has 5 heteroatoms. The normalized spacial score (nSPS) is 10.5. The molecule has 2 rings (SSSR count). The van der Waals surface area contributed by atoms with Gasteiger partial charge in [-0.05, 0) is 48.6 Å². The van der Waals surface area contributed by atoms with E-state index in [1.54, 1.807) is 25.1 Å². The van der Waals surface area contributed by atoms with Crippen LogP contribution in [0.25, 0.3) is 0 Å². The van der Waals surface area contributed by atoms with Crippen LogP contribution in [0.15, 0.2) is 30.3 Å². The zero-order valence-corrected chi connectivity index (χ0v) is 16.2. The van der Waals surface area contributed by atoms with Gasteiger partial charge in [0.05, 0.1) is 0 Å². The largest absolute Gasteiger partial charge is 0.343 e. The van der Waals surface area contributed by atoms with Crippen molar-refractivity contribution in [1.29, 1.82) is 0 Å². The predicted molar refractivity (Wildman–Crippen MR) is 99.4 cm³/mol. The number of amides is 1. The summed E-state index contributed by atoms with van der Waals surface area (Å²) in [6.07, 6.45) is 0. The topological polar surface area (TPSA) is 46.1 Å². The summed E-state index contributed by atoms with van der Waals surface area (Å²) in [5, 5.41) is 0. The summed E-state index contributed by atoms with van der Waals surface area (Å²) in [6, 6.07) is 8.71. The van der Waals surface area contributed by atoms with Crippen molar-refractivity contribution in [3.05, 3.63) is 58.9 Å². The summed E-state index contributed by atoms with van der Waals surface area (Å²) >= 11 is 0. The lowest BCUT2D eigenvalue weighted by atomic mass is 10.1. The van der Waals surface area contributed by atoms with Crippen LogP contribution in [0.4, 0.5) is 4.39 Å². The summed E-state index contributed by atoms with van der Waals surface area (Å²) in [5.74, 6) is 0.209. The number of aromatic nitrogens is 2. The van der Waals surface area contributed by atoms with Crippen LogP contribution >= 0.6 is 0 Å². The van der Waals surface area contributed by atoms with Gasteiger partial charge in [0, 0.05) is 25.5 Å². The fourth-order valence-electron chi connectivity index (χ4n) is 2.07. The van der Waals surface area contributed by atoms with Gasteiger partial charge in [-0.1, -0.05) is 33.8 Å². The lowest BCUT2D eigenvalue weighted by Crippen LogP contribution is -2.23. The highest BCUT2D eigenvalue weighted by molar-refractivity contribution is 5.92. The van der Waals surface area contributed by atoms with Crippen LogP contribution in [0.5, 0.6) is 0 Å². The molecule has 4 nitrogen and oxygen atoms in total. The molecule has 2 aromatic heterocycles. The SMILES string of the molecule is CC(C)c1cccc(F)n1.Cc1cc(C(=O)N(C)C)nc(C(C)C)c1. The van der Waals surface area contributed by atoms with E-state index in [0.717, 1.165) is 17.0 Å². The molecular weight excluding hydrogens is 317 g/mol. The Hall–Kier alpha value is -2.30. The zero-order chi connectivity index (χ0) is 19.1. The van der Waals surface area contributed by atoms with Crippen molar-refractivity contribution in [3.8, 4) is 0 Å². The second-order valence-electron chi connectivity index (χ2n) is 6.85. The standard InChI is InChI=1S/C12H18N2O.C8H10FN/c1-8(2)10-6-9(3)7-11(13-10)12(15)14(4)5;1-6(2)7-4-3-5-8(9)10-7/h6-8H,1-5H3;3-6H,1-2H3. The van der Waals surface area contributed by atoms with Crippen LogP contribution < -0.4 is 0 Å². The lowest BCUT2D eigenvalue weighted by Gasteiger charge is -2.12. The maximum absolute atomic E-state index is 12.4. The van der Waals surface area contributed by atoms with E-state index in [0.29, 0.717) is 17.5 Å². The van der Waals surface area contributed by atoms with E-state index in [1.165, 1.54) is 6.07 Å². The molecule has 0 unspecified atom stereocenters. The minimum Gasteiger partial charge on any atom is -0.343 e. The first-order valence-corrected chi connectivity index (χ1v) is 8.44. The van der Waals surface area contributed by atoms with E-state index < -0.39 is 5.95 Å². The zero-order valence-electron chi connectivity index (χ0n) is 16.2. The fraction of sp³-hybridized carbons (Fsp3) is 0.450. The van der Waals surface area contributed by atoms with E-state index in [9.17, 15) is 9.18 Å². The Morgan fingerprint density at radius 1 is 1.00 bits per heavy atom. The van der Waals surface area contributed by atoms with Gasteiger partial charge >= 0.3 is 0 Å². The lowest BCUT2D eigenvalue weighted by molar-refractivity contribution is 0.0821. The quantitative estimate of drug-likeness (QED) is 0.766. The van der Waals surface area contributed by atoms with Crippen LogP contribution in [-0.4, -0.2) is 34.9 Å². The number of carbonyl (C=O) groups excluding carboxylic acids is 1. The van der Waals surface area contributed by atoms with Gasteiger partial charge in [-0.15, -0.1) is 0 Å². The van der Waals surface area contributed by atoms with Gasteiger partial charge < -0.3 is 4.90 Å². The molecule has 0 aliphatic heterocycles. The Morgan fingerprint density at radius 2 is 1.60 bits per heavy atom. The van der Waals surface area contributed by atoms with Crippen molar-refractivity contribution in [2.45, 2.75) is 46.5 Å². The van der Waals surface area contributed by atoms with Crippen LogP contribution in [0, 0.1) is 12.9 Å². The number of aryl methyl sites for hydroxylation is 1. The van der Waals surface area contributed by atoms with Gasteiger partial charge in [-0.25, -0.2) is 9.97 Å². The highest BCUT2D eigenvalue weighted by Gasteiger charge is 2.12. The summed E-state index contributed by atoms with van der Waals surface area (Å²) < 4.78 is 12.4. The third-order valence-electron chi connectivity index (χ3n) is 3.53. The number of pyridine rings is 2. The molecule has 2 heterocycles. The van der Waals surface area contributed by atoms with E-state index in [1.807, 2.05) is 39.0 Å². The first-order valence-electron chi connectivity index (χ1n) is 8.44. The molecule has 0 N–H and O–H groups in total. The Labute approximate surface area is 150 Å².